The Kier molecular flexibility index (Phi) is 2.75. The average molecular weight is 245 g/mol. The second-order valence-electron chi connectivity index (χ2n) is 5.50. The number of alkyl halides is 1. The van der Waals surface area contributed by atoms with Gasteiger partial charge in [-0.1, -0.05) is 29.8 Å². The molecule has 1 heteroatoms. The Hall–Kier alpha value is 0.480. The van der Waals surface area contributed by atoms with Gasteiger partial charge in [-0.15, -0.1) is 0 Å². The summed E-state index contributed by atoms with van der Waals surface area (Å²) >= 11 is 3.63. The van der Waals surface area contributed by atoms with Gasteiger partial charge in [-0.05, 0) is 55.3 Å². The van der Waals surface area contributed by atoms with Crippen LogP contribution in [0.25, 0.3) is 0 Å². The van der Waals surface area contributed by atoms with Gasteiger partial charge in [-0.3, -0.25) is 0 Å². The van der Waals surface area contributed by atoms with E-state index < -0.39 is 0 Å². The first-order valence-corrected chi connectivity index (χ1v) is 6.86. The van der Waals surface area contributed by atoms with E-state index in [9.17, 15) is 0 Å². The highest BCUT2D eigenvalue weighted by atomic mass is 79.9. The van der Waals surface area contributed by atoms with Crippen LogP contribution in [0.2, 0.25) is 0 Å². The molecule has 0 heterocycles. The lowest BCUT2D eigenvalue weighted by Gasteiger charge is -2.31. The van der Waals surface area contributed by atoms with Crippen LogP contribution in [0.3, 0.4) is 0 Å². The van der Waals surface area contributed by atoms with Gasteiger partial charge in [-0.2, -0.15) is 0 Å². The van der Waals surface area contributed by atoms with Gasteiger partial charge in [-0.25, -0.2) is 0 Å². The Balaban J connectivity index is 1.84. The maximum absolute atomic E-state index is 3.63. The third-order valence-electron chi connectivity index (χ3n) is 4.51. The smallest absolute Gasteiger partial charge is 0.00651 e. The molecule has 1 unspecified atom stereocenters. The van der Waals surface area contributed by atoms with Gasteiger partial charge in [0.2, 0.25) is 0 Å². The standard InChI is InChI=1S/C12H21Br/c1-9(2)10-3-5-12(6-4-10)7-11(12)8-13/h9-11H,3-8H2,1-2H3. The van der Waals surface area contributed by atoms with Crippen LogP contribution < -0.4 is 0 Å². The van der Waals surface area contributed by atoms with Crippen molar-refractivity contribution in [2.75, 3.05) is 5.33 Å². The molecule has 0 amide bonds. The summed E-state index contributed by atoms with van der Waals surface area (Å²) in [4.78, 5) is 0. The third kappa shape index (κ3) is 1.82. The van der Waals surface area contributed by atoms with E-state index in [1.807, 2.05) is 0 Å². The third-order valence-corrected chi connectivity index (χ3v) is 5.30. The molecule has 0 aromatic heterocycles. The van der Waals surface area contributed by atoms with Crippen LogP contribution >= 0.6 is 15.9 Å². The molecular weight excluding hydrogens is 224 g/mol. The van der Waals surface area contributed by atoms with Crippen molar-refractivity contribution >= 4 is 15.9 Å². The normalized spacial score (nSPS) is 44.3. The van der Waals surface area contributed by atoms with Crippen molar-refractivity contribution in [3.05, 3.63) is 0 Å². The summed E-state index contributed by atoms with van der Waals surface area (Å²) in [6, 6.07) is 0. The van der Waals surface area contributed by atoms with E-state index in [0.29, 0.717) is 0 Å². The molecule has 1 spiro atoms. The first-order chi connectivity index (χ1) is 6.18. The van der Waals surface area contributed by atoms with Gasteiger partial charge in [0.05, 0.1) is 0 Å². The molecule has 0 aromatic rings. The zero-order chi connectivity index (χ0) is 9.47. The van der Waals surface area contributed by atoms with Gasteiger partial charge in [0.25, 0.3) is 0 Å². The Morgan fingerprint density at radius 1 is 1.31 bits per heavy atom. The summed E-state index contributed by atoms with van der Waals surface area (Å²) in [5.74, 6) is 2.97. The molecular formula is C12H21Br. The average Bonchev–Trinajstić information content (AvgIpc) is 2.80. The lowest BCUT2D eigenvalue weighted by molar-refractivity contribution is 0.201. The molecule has 2 aliphatic rings. The molecule has 2 fully saturated rings. The molecule has 0 saturated heterocycles. The van der Waals surface area contributed by atoms with Crippen molar-refractivity contribution in [2.45, 2.75) is 46.0 Å². The molecule has 1 atom stereocenters. The first kappa shape index (κ1) is 10.0. The lowest BCUT2D eigenvalue weighted by atomic mass is 9.74. The molecule has 0 nitrogen and oxygen atoms in total. The van der Waals surface area contributed by atoms with Crippen LogP contribution in [-0.4, -0.2) is 5.33 Å². The fourth-order valence-electron chi connectivity index (χ4n) is 3.14. The molecule has 0 radical (unpaired) electrons. The van der Waals surface area contributed by atoms with Crippen LogP contribution in [0.5, 0.6) is 0 Å². The summed E-state index contributed by atoms with van der Waals surface area (Å²) in [6.07, 6.45) is 7.56. The molecule has 76 valence electrons. The highest BCUT2D eigenvalue weighted by Crippen LogP contribution is 2.63. The highest BCUT2D eigenvalue weighted by Gasteiger charge is 2.53. The van der Waals surface area contributed by atoms with Crippen molar-refractivity contribution in [3.8, 4) is 0 Å². The minimum absolute atomic E-state index is 0.814. The van der Waals surface area contributed by atoms with Crippen LogP contribution in [0.1, 0.15) is 46.0 Å². The van der Waals surface area contributed by atoms with Crippen molar-refractivity contribution < 1.29 is 0 Å². The van der Waals surface area contributed by atoms with Crippen molar-refractivity contribution in [2.24, 2.45) is 23.2 Å². The summed E-state index contributed by atoms with van der Waals surface area (Å²) in [7, 11) is 0. The van der Waals surface area contributed by atoms with Crippen LogP contribution in [-0.2, 0) is 0 Å². The summed E-state index contributed by atoms with van der Waals surface area (Å²) < 4.78 is 0. The van der Waals surface area contributed by atoms with Gasteiger partial charge < -0.3 is 0 Å². The molecule has 2 rings (SSSR count). The van der Waals surface area contributed by atoms with E-state index in [0.717, 1.165) is 23.2 Å². The molecule has 0 bridgehead atoms. The summed E-state index contributed by atoms with van der Waals surface area (Å²) in [6.45, 7) is 4.77. The fourth-order valence-corrected chi connectivity index (χ4v) is 4.06. The zero-order valence-corrected chi connectivity index (χ0v) is 10.4. The summed E-state index contributed by atoms with van der Waals surface area (Å²) in [5.41, 5.74) is 0.814. The van der Waals surface area contributed by atoms with Crippen molar-refractivity contribution in [3.63, 3.8) is 0 Å². The molecule has 2 aliphatic carbocycles. The van der Waals surface area contributed by atoms with E-state index in [-0.39, 0.29) is 0 Å². The van der Waals surface area contributed by atoms with Crippen LogP contribution in [0, 0.1) is 23.2 Å². The Morgan fingerprint density at radius 2 is 1.92 bits per heavy atom. The highest BCUT2D eigenvalue weighted by molar-refractivity contribution is 9.09. The monoisotopic (exact) mass is 244 g/mol. The zero-order valence-electron chi connectivity index (χ0n) is 8.85. The Bertz CT molecular complexity index is 178. The first-order valence-electron chi connectivity index (χ1n) is 5.74. The Labute approximate surface area is 90.6 Å². The predicted octanol–water partition coefficient (Wildman–Crippen LogP) is 4.23. The van der Waals surface area contributed by atoms with Gasteiger partial charge in [0.1, 0.15) is 0 Å². The minimum Gasteiger partial charge on any atom is -0.0925 e. The minimum atomic E-state index is 0.814. The largest absolute Gasteiger partial charge is 0.0925 e. The lowest BCUT2D eigenvalue weighted by Crippen LogP contribution is -2.20. The number of rotatable bonds is 2. The number of hydrogen-bond donors (Lipinski definition) is 0. The SMILES string of the molecule is CC(C)C1CCC2(CC1)CC2CBr. The van der Waals surface area contributed by atoms with E-state index in [2.05, 4.69) is 29.8 Å². The molecule has 13 heavy (non-hydrogen) atoms. The molecule has 0 aromatic carbocycles. The van der Waals surface area contributed by atoms with E-state index in [1.54, 1.807) is 0 Å². The molecule has 2 saturated carbocycles. The van der Waals surface area contributed by atoms with E-state index >= 15 is 0 Å². The van der Waals surface area contributed by atoms with Crippen molar-refractivity contribution in [1.82, 2.24) is 0 Å². The van der Waals surface area contributed by atoms with Gasteiger partial charge in [0, 0.05) is 5.33 Å². The predicted molar refractivity (Wildman–Crippen MR) is 61.1 cm³/mol. The number of halogens is 1. The van der Waals surface area contributed by atoms with Gasteiger partial charge >= 0.3 is 0 Å². The second-order valence-corrected chi connectivity index (χ2v) is 6.15. The van der Waals surface area contributed by atoms with E-state index in [4.69, 9.17) is 0 Å². The molecule has 0 N–H and O–H groups in total. The maximum atomic E-state index is 3.63. The topological polar surface area (TPSA) is 0 Å². The van der Waals surface area contributed by atoms with Gasteiger partial charge in [0.15, 0.2) is 0 Å². The maximum Gasteiger partial charge on any atom is 0.00651 e. The van der Waals surface area contributed by atoms with E-state index in [1.165, 1.54) is 37.4 Å². The van der Waals surface area contributed by atoms with Crippen LogP contribution in [0.4, 0.5) is 0 Å². The number of hydrogen-bond acceptors (Lipinski definition) is 0. The second kappa shape index (κ2) is 3.56. The Morgan fingerprint density at radius 3 is 2.31 bits per heavy atom. The molecule has 0 aliphatic heterocycles. The summed E-state index contributed by atoms with van der Waals surface area (Å²) in [5, 5.41) is 1.25. The van der Waals surface area contributed by atoms with Crippen molar-refractivity contribution in [1.29, 1.82) is 0 Å². The van der Waals surface area contributed by atoms with Crippen LogP contribution in [0.15, 0.2) is 0 Å². The fraction of sp³-hybridized carbons (Fsp3) is 1.00. The quantitative estimate of drug-likeness (QED) is 0.638.